The van der Waals surface area contributed by atoms with E-state index in [9.17, 15) is 13.6 Å². The van der Waals surface area contributed by atoms with Crippen molar-refractivity contribution in [2.45, 2.75) is 0 Å². The summed E-state index contributed by atoms with van der Waals surface area (Å²) in [6.45, 7) is 0. The minimum absolute atomic E-state index is 0.00217. The fourth-order valence-electron chi connectivity index (χ4n) is 1.43. The van der Waals surface area contributed by atoms with Gasteiger partial charge in [-0.05, 0) is 34.1 Å². The Bertz CT molecular complexity index is 616. The number of halogens is 3. The summed E-state index contributed by atoms with van der Waals surface area (Å²) in [7, 11) is 1.18. The predicted octanol–water partition coefficient (Wildman–Crippen LogP) is 3.06. The highest BCUT2D eigenvalue weighted by molar-refractivity contribution is 9.10. The molecule has 17 heavy (non-hydrogen) atoms. The average Bonchev–Trinajstić information content (AvgIpc) is 2.32. The van der Waals surface area contributed by atoms with Crippen molar-refractivity contribution < 1.29 is 18.3 Å². The van der Waals surface area contributed by atoms with Crippen molar-refractivity contribution in [2.75, 3.05) is 7.11 Å². The number of methoxy groups -OCH3 is 1. The molecule has 3 nitrogen and oxygen atoms in total. The van der Waals surface area contributed by atoms with E-state index in [4.69, 9.17) is 0 Å². The van der Waals surface area contributed by atoms with E-state index >= 15 is 0 Å². The molecule has 0 aliphatic heterocycles. The third-order valence-electron chi connectivity index (χ3n) is 2.21. The van der Waals surface area contributed by atoms with Crippen molar-refractivity contribution in [2.24, 2.45) is 0 Å². The number of fused-ring (bicyclic) bond motifs is 1. The molecule has 0 fully saturated rings. The van der Waals surface area contributed by atoms with Crippen molar-refractivity contribution in [3.63, 3.8) is 0 Å². The first-order valence-electron chi connectivity index (χ1n) is 4.57. The summed E-state index contributed by atoms with van der Waals surface area (Å²) in [5, 5.41) is -0.00217. The highest BCUT2D eigenvalue weighted by Gasteiger charge is 2.16. The van der Waals surface area contributed by atoms with Crippen LogP contribution in [0.2, 0.25) is 0 Å². The first-order valence-corrected chi connectivity index (χ1v) is 5.36. The van der Waals surface area contributed by atoms with Crippen LogP contribution in [-0.2, 0) is 4.74 Å². The monoisotopic (exact) mass is 301 g/mol. The minimum Gasteiger partial charge on any atom is -0.464 e. The lowest BCUT2D eigenvalue weighted by Gasteiger charge is -2.05. The second-order valence-electron chi connectivity index (χ2n) is 3.23. The van der Waals surface area contributed by atoms with Crippen LogP contribution in [0.25, 0.3) is 10.9 Å². The topological polar surface area (TPSA) is 39.2 Å². The molecule has 2 aromatic rings. The van der Waals surface area contributed by atoms with E-state index < -0.39 is 17.6 Å². The van der Waals surface area contributed by atoms with Gasteiger partial charge in [-0.25, -0.2) is 18.6 Å². The quantitative estimate of drug-likeness (QED) is 0.760. The highest BCUT2D eigenvalue weighted by Crippen LogP contribution is 2.28. The van der Waals surface area contributed by atoms with Crippen LogP contribution in [-0.4, -0.2) is 18.1 Å². The molecule has 0 spiro atoms. The Morgan fingerprint density at radius 3 is 2.65 bits per heavy atom. The van der Waals surface area contributed by atoms with Gasteiger partial charge in [-0.15, -0.1) is 0 Å². The smallest absolute Gasteiger partial charge is 0.356 e. The molecule has 0 bridgehead atoms. The van der Waals surface area contributed by atoms with Crippen molar-refractivity contribution in [3.05, 3.63) is 40.0 Å². The minimum atomic E-state index is -0.712. The third-order valence-corrected chi connectivity index (χ3v) is 2.83. The molecule has 1 aromatic carbocycles. The summed E-state index contributed by atoms with van der Waals surface area (Å²) in [5.74, 6) is -2.03. The molecule has 0 saturated carbocycles. The van der Waals surface area contributed by atoms with E-state index in [1.807, 2.05) is 0 Å². The molecule has 0 atom stereocenters. The van der Waals surface area contributed by atoms with Crippen molar-refractivity contribution in [3.8, 4) is 0 Å². The zero-order valence-corrected chi connectivity index (χ0v) is 10.2. The van der Waals surface area contributed by atoms with Gasteiger partial charge in [0.25, 0.3) is 0 Å². The molecule has 0 unspecified atom stereocenters. The molecular weight excluding hydrogens is 296 g/mol. The van der Waals surface area contributed by atoms with Gasteiger partial charge in [-0.2, -0.15) is 0 Å². The van der Waals surface area contributed by atoms with Crippen LogP contribution in [0.5, 0.6) is 0 Å². The molecule has 2 rings (SSSR count). The van der Waals surface area contributed by atoms with Gasteiger partial charge >= 0.3 is 5.97 Å². The lowest BCUT2D eigenvalue weighted by molar-refractivity contribution is 0.0594. The van der Waals surface area contributed by atoms with E-state index in [0.717, 1.165) is 12.1 Å². The summed E-state index contributed by atoms with van der Waals surface area (Å²) in [5.41, 5.74) is -0.295. The Balaban J connectivity index is 2.82. The lowest BCUT2D eigenvalue weighted by atomic mass is 10.2. The van der Waals surface area contributed by atoms with Gasteiger partial charge in [0, 0.05) is 4.47 Å². The van der Waals surface area contributed by atoms with Crippen LogP contribution < -0.4 is 0 Å². The number of rotatable bonds is 1. The van der Waals surface area contributed by atoms with Crippen LogP contribution in [0.15, 0.2) is 22.7 Å². The number of esters is 1. The van der Waals surface area contributed by atoms with Crippen LogP contribution in [0.3, 0.4) is 0 Å². The Labute approximate surface area is 104 Å². The molecule has 0 aliphatic rings. The van der Waals surface area contributed by atoms with E-state index in [1.165, 1.54) is 13.2 Å². The Hall–Kier alpha value is -1.56. The van der Waals surface area contributed by atoms with Gasteiger partial charge in [-0.3, -0.25) is 0 Å². The lowest BCUT2D eigenvalue weighted by Crippen LogP contribution is -2.05. The third kappa shape index (κ3) is 2.00. The number of carbonyl (C=O) groups excluding carboxylic acids is 1. The number of pyridine rings is 1. The maximum atomic E-state index is 13.5. The maximum Gasteiger partial charge on any atom is 0.356 e. The average molecular weight is 302 g/mol. The van der Waals surface area contributed by atoms with E-state index in [2.05, 4.69) is 25.7 Å². The summed E-state index contributed by atoms with van der Waals surface area (Å²) in [6, 6.07) is 3.25. The summed E-state index contributed by atoms with van der Waals surface area (Å²) < 4.78 is 31.7. The molecule has 1 heterocycles. The number of aromatic nitrogens is 1. The van der Waals surface area contributed by atoms with Gasteiger partial charge in [0.2, 0.25) is 0 Å². The first-order chi connectivity index (χ1) is 8.04. The Morgan fingerprint density at radius 1 is 1.35 bits per heavy atom. The number of nitrogens with zero attached hydrogens (tertiary/aromatic N) is 1. The summed E-state index contributed by atoms with van der Waals surface area (Å²) in [4.78, 5) is 15.0. The molecular formula is C11H6BrF2NO2. The molecule has 1 aromatic heterocycles. The second kappa shape index (κ2) is 4.37. The number of hydrogen-bond donors (Lipinski definition) is 0. The molecule has 0 aliphatic carbocycles. The maximum absolute atomic E-state index is 13.5. The van der Waals surface area contributed by atoms with E-state index in [-0.39, 0.29) is 21.1 Å². The summed E-state index contributed by atoms with van der Waals surface area (Å²) in [6.07, 6.45) is 0. The van der Waals surface area contributed by atoms with Crippen molar-refractivity contribution in [1.29, 1.82) is 0 Å². The number of ether oxygens (including phenoxy) is 1. The Kier molecular flexibility index (Phi) is 3.06. The van der Waals surface area contributed by atoms with Gasteiger partial charge in [0.15, 0.2) is 0 Å². The largest absolute Gasteiger partial charge is 0.464 e. The highest BCUT2D eigenvalue weighted by atomic mass is 79.9. The second-order valence-corrected chi connectivity index (χ2v) is 4.09. The fourth-order valence-corrected chi connectivity index (χ4v) is 2.03. The predicted molar refractivity (Wildman–Crippen MR) is 60.7 cm³/mol. The van der Waals surface area contributed by atoms with Gasteiger partial charge in [-0.1, -0.05) is 0 Å². The zero-order chi connectivity index (χ0) is 12.6. The normalized spacial score (nSPS) is 10.6. The summed E-state index contributed by atoms with van der Waals surface area (Å²) >= 11 is 3.08. The van der Waals surface area contributed by atoms with Crippen LogP contribution in [0.4, 0.5) is 8.78 Å². The number of benzene rings is 1. The van der Waals surface area contributed by atoms with Crippen LogP contribution >= 0.6 is 15.9 Å². The first kappa shape index (κ1) is 11.9. The number of carbonyl (C=O) groups is 1. The van der Waals surface area contributed by atoms with Crippen LogP contribution in [0.1, 0.15) is 10.5 Å². The molecule has 0 radical (unpaired) electrons. The molecule has 6 heteroatoms. The van der Waals surface area contributed by atoms with Crippen molar-refractivity contribution >= 4 is 32.8 Å². The van der Waals surface area contributed by atoms with Crippen LogP contribution in [0, 0.1) is 11.6 Å². The van der Waals surface area contributed by atoms with Crippen molar-refractivity contribution in [1.82, 2.24) is 4.98 Å². The molecule has 88 valence electrons. The molecule has 0 saturated heterocycles. The Morgan fingerprint density at radius 2 is 2.00 bits per heavy atom. The van der Waals surface area contributed by atoms with E-state index in [0.29, 0.717) is 0 Å². The van der Waals surface area contributed by atoms with Gasteiger partial charge in [0.05, 0.1) is 12.5 Å². The fraction of sp³-hybridized carbons (Fsp3) is 0.0909. The number of hydrogen-bond acceptors (Lipinski definition) is 3. The van der Waals surface area contributed by atoms with E-state index in [1.54, 1.807) is 0 Å². The molecule has 0 N–H and O–H groups in total. The SMILES string of the molecule is COC(=O)c1cc(Br)c2c(F)ccc(F)c2n1. The molecule has 0 amide bonds. The van der Waals surface area contributed by atoms with Gasteiger partial charge in [0.1, 0.15) is 22.8 Å². The van der Waals surface area contributed by atoms with Gasteiger partial charge < -0.3 is 4.74 Å². The zero-order valence-electron chi connectivity index (χ0n) is 8.63. The standard InChI is InChI=1S/C11H6BrF2NO2/c1-17-11(16)8-4-5(12)9-6(13)2-3-7(14)10(9)15-8/h2-4H,1H3.